The summed E-state index contributed by atoms with van der Waals surface area (Å²) in [5.74, 6) is 1.91. The lowest BCUT2D eigenvalue weighted by Crippen LogP contribution is -2.48. The minimum atomic E-state index is 0.241. The zero-order chi connectivity index (χ0) is 25.2. The van der Waals surface area contributed by atoms with Gasteiger partial charge in [0.2, 0.25) is 0 Å². The number of piperazine rings is 1. The van der Waals surface area contributed by atoms with Crippen LogP contribution in [0.4, 0.5) is 5.82 Å². The number of hydrogen-bond acceptors (Lipinski definition) is 5. The van der Waals surface area contributed by atoms with Crippen molar-refractivity contribution in [2.24, 2.45) is 0 Å². The molecule has 0 N–H and O–H groups in total. The van der Waals surface area contributed by atoms with Crippen LogP contribution in [0.15, 0.2) is 97.2 Å². The van der Waals surface area contributed by atoms with Crippen LogP contribution in [0.3, 0.4) is 0 Å². The number of nitrogens with zero attached hydrogens (tertiary/aromatic N) is 5. The first-order valence-corrected chi connectivity index (χ1v) is 12.8. The number of benzene rings is 3. The van der Waals surface area contributed by atoms with E-state index in [2.05, 4.69) is 89.5 Å². The van der Waals surface area contributed by atoms with Crippen molar-refractivity contribution in [1.82, 2.24) is 19.5 Å². The fourth-order valence-corrected chi connectivity index (χ4v) is 5.44. The lowest BCUT2D eigenvalue weighted by atomic mass is 9.96. The molecule has 1 aliphatic heterocycles. The molecular weight excluding hydrogens is 458 g/mol. The van der Waals surface area contributed by atoms with Crippen molar-refractivity contribution in [2.45, 2.75) is 13.0 Å². The van der Waals surface area contributed by atoms with Gasteiger partial charge in [0.05, 0.1) is 24.9 Å². The smallest absolute Gasteiger partial charge is 0.165 e. The minimum absolute atomic E-state index is 0.241. The van der Waals surface area contributed by atoms with Gasteiger partial charge in [-0.2, -0.15) is 9.61 Å². The molecule has 0 spiro atoms. The lowest BCUT2D eigenvalue weighted by molar-refractivity contribution is 0.211. The predicted octanol–water partition coefficient (Wildman–Crippen LogP) is 5.62. The van der Waals surface area contributed by atoms with Gasteiger partial charge in [-0.25, -0.2) is 4.98 Å². The van der Waals surface area contributed by atoms with Gasteiger partial charge in [0.25, 0.3) is 0 Å². The molecule has 6 rings (SSSR count). The number of fused-ring (bicyclic) bond motifs is 1. The van der Waals surface area contributed by atoms with E-state index in [1.165, 1.54) is 11.1 Å². The molecule has 6 nitrogen and oxygen atoms in total. The Hall–Kier alpha value is -4.16. The molecule has 3 heterocycles. The van der Waals surface area contributed by atoms with Crippen LogP contribution in [0, 0.1) is 6.92 Å². The maximum absolute atomic E-state index is 5.62. The van der Waals surface area contributed by atoms with E-state index in [9.17, 15) is 0 Å². The molecule has 2 aromatic heterocycles. The standard InChI is InChI=1S/C31H31N5O/c1-23-21-29(36-31(33-23)27(22-32-36)26-15-9-10-16-28(26)37-2)34-17-19-35(20-18-34)30(24-11-5-3-6-12-24)25-13-7-4-8-14-25/h3-16,21-22,30H,17-20H2,1-2H3. The van der Waals surface area contributed by atoms with Crippen LogP contribution in [0.1, 0.15) is 22.9 Å². The first kappa shape index (κ1) is 23.3. The van der Waals surface area contributed by atoms with Crippen molar-refractivity contribution in [3.63, 3.8) is 0 Å². The fraction of sp³-hybridized carbons (Fsp3) is 0.226. The molecule has 37 heavy (non-hydrogen) atoms. The Labute approximate surface area is 217 Å². The van der Waals surface area contributed by atoms with Crippen LogP contribution in [0.2, 0.25) is 0 Å². The van der Waals surface area contributed by atoms with Crippen molar-refractivity contribution >= 4 is 11.5 Å². The van der Waals surface area contributed by atoms with E-state index in [4.69, 9.17) is 14.8 Å². The Balaban J connectivity index is 1.30. The Bertz CT molecular complexity index is 1450. The van der Waals surface area contributed by atoms with Crippen molar-refractivity contribution in [1.29, 1.82) is 0 Å². The van der Waals surface area contributed by atoms with Crippen molar-refractivity contribution in [2.75, 3.05) is 38.2 Å². The normalized spacial score (nSPS) is 14.4. The molecule has 0 radical (unpaired) electrons. The van der Waals surface area contributed by atoms with Crippen LogP contribution >= 0.6 is 0 Å². The van der Waals surface area contributed by atoms with Gasteiger partial charge in [-0.1, -0.05) is 78.9 Å². The zero-order valence-corrected chi connectivity index (χ0v) is 21.3. The fourth-order valence-electron chi connectivity index (χ4n) is 5.44. The van der Waals surface area contributed by atoms with Gasteiger partial charge in [0.15, 0.2) is 5.65 Å². The molecule has 3 aromatic carbocycles. The number of aromatic nitrogens is 3. The lowest BCUT2D eigenvalue weighted by Gasteiger charge is -2.40. The van der Waals surface area contributed by atoms with Crippen LogP contribution < -0.4 is 9.64 Å². The molecule has 1 aliphatic rings. The number of hydrogen-bond donors (Lipinski definition) is 0. The Morgan fingerprint density at radius 2 is 1.38 bits per heavy atom. The predicted molar refractivity (Wildman–Crippen MR) is 148 cm³/mol. The van der Waals surface area contributed by atoms with Crippen molar-refractivity contribution in [3.8, 4) is 16.9 Å². The van der Waals surface area contributed by atoms with E-state index in [1.807, 2.05) is 28.9 Å². The Kier molecular flexibility index (Phi) is 6.33. The van der Waals surface area contributed by atoms with Gasteiger partial charge in [0, 0.05) is 43.5 Å². The second kappa shape index (κ2) is 10.1. The van der Waals surface area contributed by atoms with E-state index < -0.39 is 0 Å². The van der Waals surface area contributed by atoms with Gasteiger partial charge in [-0.05, 0) is 24.1 Å². The number of anilines is 1. The third-order valence-corrected chi connectivity index (χ3v) is 7.21. The summed E-state index contributed by atoms with van der Waals surface area (Å²) in [5.41, 5.74) is 6.48. The summed E-state index contributed by atoms with van der Waals surface area (Å²) < 4.78 is 7.60. The average molecular weight is 490 g/mol. The van der Waals surface area contributed by atoms with Gasteiger partial charge in [-0.3, -0.25) is 4.90 Å². The topological polar surface area (TPSA) is 45.9 Å². The number of para-hydroxylation sites is 1. The molecule has 186 valence electrons. The highest BCUT2D eigenvalue weighted by Crippen LogP contribution is 2.34. The van der Waals surface area contributed by atoms with E-state index in [1.54, 1.807) is 7.11 Å². The summed E-state index contributed by atoms with van der Waals surface area (Å²) in [6.07, 6.45) is 1.90. The zero-order valence-electron chi connectivity index (χ0n) is 21.3. The van der Waals surface area contributed by atoms with Gasteiger partial charge in [0.1, 0.15) is 11.6 Å². The third kappa shape index (κ3) is 4.45. The Morgan fingerprint density at radius 3 is 2.03 bits per heavy atom. The molecule has 0 unspecified atom stereocenters. The first-order chi connectivity index (χ1) is 18.2. The summed E-state index contributed by atoms with van der Waals surface area (Å²) in [6.45, 7) is 5.80. The number of rotatable bonds is 6. The first-order valence-electron chi connectivity index (χ1n) is 12.8. The quantitative estimate of drug-likeness (QED) is 0.310. The van der Waals surface area contributed by atoms with Crippen LogP contribution in [-0.4, -0.2) is 52.8 Å². The molecule has 1 fully saturated rings. The van der Waals surface area contributed by atoms with Crippen LogP contribution in [0.5, 0.6) is 5.75 Å². The van der Waals surface area contributed by atoms with Crippen molar-refractivity contribution in [3.05, 3.63) is 114 Å². The summed E-state index contributed by atoms with van der Waals surface area (Å²) in [7, 11) is 1.70. The molecule has 6 heteroatoms. The monoisotopic (exact) mass is 489 g/mol. The second-order valence-electron chi connectivity index (χ2n) is 9.50. The summed E-state index contributed by atoms with van der Waals surface area (Å²) in [4.78, 5) is 9.90. The molecule has 0 bridgehead atoms. The molecule has 1 saturated heterocycles. The molecule has 0 atom stereocenters. The van der Waals surface area contributed by atoms with E-state index >= 15 is 0 Å². The molecule has 0 saturated carbocycles. The molecule has 5 aromatic rings. The highest BCUT2D eigenvalue weighted by molar-refractivity contribution is 5.82. The van der Waals surface area contributed by atoms with E-state index in [0.717, 1.165) is 60.2 Å². The highest BCUT2D eigenvalue weighted by atomic mass is 16.5. The largest absolute Gasteiger partial charge is 0.496 e. The maximum atomic E-state index is 5.62. The molecule has 0 aliphatic carbocycles. The van der Waals surface area contributed by atoms with Crippen LogP contribution in [0.25, 0.3) is 16.8 Å². The van der Waals surface area contributed by atoms with Crippen LogP contribution in [-0.2, 0) is 0 Å². The van der Waals surface area contributed by atoms with E-state index in [-0.39, 0.29) is 6.04 Å². The third-order valence-electron chi connectivity index (χ3n) is 7.21. The molecular formula is C31H31N5O. The number of ether oxygens (including phenoxy) is 1. The van der Waals surface area contributed by atoms with Crippen molar-refractivity contribution < 1.29 is 4.74 Å². The Morgan fingerprint density at radius 1 is 0.757 bits per heavy atom. The number of methoxy groups -OCH3 is 1. The highest BCUT2D eigenvalue weighted by Gasteiger charge is 2.28. The van der Waals surface area contributed by atoms with Gasteiger partial charge >= 0.3 is 0 Å². The minimum Gasteiger partial charge on any atom is -0.496 e. The average Bonchev–Trinajstić information content (AvgIpc) is 3.38. The molecule has 0 amide bonds. The maximum Gasteiger partial charge on any atom is 0.165 e. The number of aryl methyl sites for hydroxylation is 1. The summed E-state index contributed by atoms with van der Waals surface area (Å²) in [6, 6.07) is 32.1. The summed E-state index contributed by atoms with van der Waals surface area (Å²) >= 11 is 0. The van der Waals surface area contributed by atoms with E-state index in [0.29, 0.717) is 0 Å². The van der Waals surface area contributed by atoms with Gasteiger partial charge in [-0.15, -0.1) is 0 Å². The SMILES string of the molecule is COc1ccccc1-c1cnn2c(N3CCN(C(c4ccccc4)c4ccccc4)CC3)cc(C)nc12. The van der Waals surface area contributed by atoms with Gasteiger partial charge < -0.3 is 9.64 Å². The summed E-state index contributed by atoms with van der Waals surface area (Å²) in [5, 5.41) is 4.78. The second-order valence-corrected chi connectivity index (χ2v) is 9.50.